The van der Waals surface area contributed by atoms with Gasteiger partial charge in [-0.1, -0.05) is 17.7 Å². The molecule has 1 amide bonds. The third-order valence-electron chi connectivity index (χ3n) is 3.82. The summed E-state index contributed by atoms with van der Waals surface area (Å²) in [6.07, 6.45) is 2.41. The number of hydrogen-bond donors (Lipinski definition) is 2. The molecule has 2 unspecified atom stereocenters. The van der Waals surface area contributed by atoms with Crippen LogP contribution in [0.3, 0.4) is 0 Å². The van der Waals surface area contributed by atoms with Crippen LogP contribution < -0.4 is 10.2 Å². The second-order valence-corrected chi connectivity index (χ2v) is 5.61. The minimum absolute atomic E-state index is 0.0281. The fourth-order valence-corrected chi connectivity index (χ4v) is 2.97. The second-order valence-electron chi connectivity index (χ2n) is 5.21. The van der Waals surface area contributed by atoms with Gasteiger partial charge in [-0.25, -0.2) is 0 Å². The van der Waals surface area contributed by atoms with Crippen LogP contribution in [0.4, 0.5) is 5.69 Å². The number of carbonyl (C=O) groups is 1. The SMILES string of the molecule is CNC(=O)C1CCCCN1c1ccc(C(C)O)cc1Cl. The Bertz CT molecular complexity index is 491. The maximum absolute atomic E-state index is 12.0. The van der Waals surface area contributed by atoms with Gasteiger partial charge in [-0.2, -0.15) is 0 Å². The first-order valence-electron chi connectivity index (χ1n) is 7.00. The van der Waals surface area contributed by atoms with Crippen LogP contribution in [-0.4, -0.2) is 30.6 Å². The molecule has 2 N–H and O–H groups in total. The zero-order valence-corrected chi connectivity index (χ0v) is 12.7. The van der Waals surface area contributed by atoms with Gasteiger partial charge in [0.1, 0.15) is 6.04 Å². The van der Waals surface area contributed by atoms with E-state index < -0.39 is 6.10 Å². The van der Waals surface area contributed by atoms with Gasteiger partial charge in [0, 0.05) is 13.6 Å². The van der Waals surface area contributed by atoms with Crippen LogP contribution in [0.25, 0.3) is 0 Å². The summed E-state index contributed by atoms with van der Waals surface area (Å²) in [4.78, 5) is 14.1. The number of likely N-dealkylation sites (N-methyl/N-ethyl adjacent to an activating group) is 1. The maximum Gasteiger partial charge on any atom is 0.242 e. The van der Waals surface area contributed by atoms with Crippen molar-refractivity contribution in [2.75, 3.05) is 18.5 Å². The van der Waals surface area contributed by atoms with Crippen LogP contribution in [0.5, 0.6) is 0 Å². The first-order chi connectivity index (χ1) is 9.54. The Kier molecular flexibility index (Phi) is 4.89. The van der Waals surface area contributed by atoms with E-state index in [0.717, 1.165) is 37.1 Å². The highest BCUT2D eigenvalue weighted by Crippen LogP contribution is 2.33. The molecule has 0 spiro atoms. The fourth-order valence-electron chi connectivity index (χ4n) is 2.68. The minimum Gasteiger partial charge on any atom is -0.389 e. The van der Waals surface area contributed by atoms with E-state index in [-0.39, 0.29) is 11.9 Å². The van der Waals surface area contributed by atoms with E-state index in [1.54, 1.807) is 20.0 Å². The molecule has 4 nitrogen and oxygen atoms in total. The zero-order chi connectivity index (χ0) is 14.7. The molecule has 0 aromatic heterocycles. The zero-order valence-electron chi connectivity index (χ0n) is 11.9. The number of aliphatic hydroxyl groups excluding tert-OH is 1. The second kappa shape index (κ2) is 6.46. The van der Waals surface area contributed by atoms with Crippen molar-refractivity contribution in [3.8, 4) is 0 Å². The number of halogens is 1. The standard InChI is InChI=1S/C15H21ClN2O2/c1-10(19)11-6-7-13(12(16)9-11)18-8-4-3-5-14(18)15(20)17-2/h6-7,9-10,14,19H,3-5,8H2,1-2H3,(H,17,20). The number of benzene rings is 1. The summed E-state index contributed by atoms with van der Waals surface area (Å²) in [6.45, 7) is 2.53. The molecule has 1 fully saturated rings. The van der Waals surface area contributed by atoms with Crippen molar-refractivity contribution >= 4 is 23.2 Å². The summed E-state index contributed by atoms with van der Waals surface area (Å²) in [7, 11) is 1.66. The van der Waals surface area contributed by atoms with E-state index in [1.807, 2.05) is 12.1 Å². The number of nitrogens with one attached hydrogen (secondary N) is 1. The highest BCUT2D eigenvalue weighted by atomic mass is 35.5. The van der Waals surface area contributed by atoms with E-state index in [2.05, 4.69) is 10.2 Å². The molecule has 1 aliphatic heterocycles. The number of hydrogen-bond acceptors (Lipinski definition) is 3. The molecule has 2 atom stereocenters. The summed E-state index contributed by atoms with van der Waals surface area (Å²) in [5.41, 5.74) is 1.65. The summed E-state index contributed by atoms with van der Waals surface area (Å²) >= 11 is 6.34. The van der Waals surface area contributed by atoms with Gasteiger partial charge in [0.15, 0.2) is 0 Å². The molecule has 0 radical (unpaired) electrons. The van der Waals surface area contributed by atoms with Crippen LogP contribution in [0.15, 0.2) is 18.2 Å². The van der Waals surface area contributed by atoms with Crippen molar-refractivity contribution < 1.29 is 9.90 Å². The summed E-state index contributed by atoms with van der Waals surface area (Å²) in [5, 5.41) is 12.9. The number of carbonyl (C=O) groups excluding carboxylic acids is 1. The van der Waals surface area contributed by atoms with Crippen molar-refractivity contribution in [1.82, 2.24) is 5.32 Å². The Labute approximate surface area is 124 Å². The number of amides is 1. The first kappa shape index (κ1) is 15.1. The predicted octanol–water partition coefficient (Wildman–Crippen LogP) is 2.50. The average molecular weight is 297 g/mol. The number of anilines is 1. The number of aliphatic hydroxyl groups is 1. The Balaban J connectivity index is 2.30. The van der Waals surface area contributed by atoms with E-state index in [9.17, 15) is 9.90 Å². The number of piperidine rings is 1. The average Bonchev–Trinajstić information content (AvgIpc) is 2.46. The van der Waals surface area contributed by atoms with Crippen molar-refractivity contribution in [2.24, 2.45) is 0 Å². The van der Waals surface area contributed by atoms with Crippen molar-refractivity contribution in [2.45, 2.75) is 38.3 Å². The lowest BCUT2D eigenvalue weighted by molar-refractivity contribution is -0.122. The molecule has 1 aromatic carbocycles. The summed E-state index contributed by atoms with van der Waals surface area (Å²) in [5.74, 6) is 0.0281. The van der Waals surface area contributed by atoms with Crippen molar-refractivity contribution in [3.63, 3.8) is 0 Å². The monoisotopic (exact) mass is 296 g/mol. The molecular weight excluding hydrogens is 276 g/mol. The Morgan fingerprint density at radius 3 is 2.85 bits per heavy atom. The topological polar surface area (TPSA) is 52.6 Å². The van der Waals surface area contributed by atoms with Gasteiger partial charge in [-0.15, -0.1) is 0 Å². The lowest BCUT2D eigenvalue weighted by Gasteiger charge is -2.36. The van der Waals surface area contributed by atoms with E-state index in [1.165, 1.54) is 0 Å². The molecule has 1 heterocycles. The normalized spacial score (nSPS) is 20.6. The maximum atomic E-state index is 12.0. The highest BCUT2D eigenvalue weighted by Gasteiger charge is 2.29. The molecule has 1 saturated heterocycles. The molecule has 0 bridgehead atoms. The quantitative estimate of drug-likeness (QED) is 0.901. The highest BCUT2D eigenvalue weighted by molar-refractivity contribution is 6.33. The van der Waals surface area contributed by atoms with E-state index in [0.29, 0.717) is 5.02 Å². The van der Waals surface area contributed by atoms with Gasteiger partial charge < -0.3 is 15.3 Å². The Morgan fingerprint density at radius 2 is 2.25 bits per heavy atom. The molecule has 2 rings (SSSR count). The van der Waals surface area contributed by atoms with Gasteiger partial charge in [0.2, 0.25) is 5.91 Å². The summed E-state index contributed by atoms with van der Waals surface area (Å²) in [6, 6.07) is 5.37. The van der Waals surface area contributed by atoms with Crippen molar-refractivity contribution in [1.29, 1.82) is 0 Å². The number of rotatable bonds is 3. The third kappa shape index (κ3) is 3.07. The van der Waals surface area contributed by atoms with Crippen molar-refractivity contribution in [3.05, 3.63) is 28.8 Å². The molecule has 20 heavy (non-hydrogen) atoms. The Morgan fingerprint density at radius 1 is 1.50 bits per heavy atom. The predicted molar refractivity (Wildman–Crippen MR) is 81.1 cm³/mol. The van der Waals surface area contributed by atoms with Gasteiger partial charge in [0.25, 0.3) is 0 Å². The van der Waals surface area contributed by atoms with E-state index >= 15 is 0 Å². The van der Waals surface area contributed by atoms with Crippen LogP contribution in [0.2, 0.25) is 5.02 Å². The molecule has 0 aliphatic carbocycles. The third-order valence-corrected chi connectivity index (χ3v) is 4.12. The van der Waals surface area contributed by atoms with Gasteiger partial charge in [-0.05, 0) is 43.9 Å². The van der Waals surface area contributed by atoms with Gasteiger partial charge >= 0.3 is 0 Å². The van der Waals surface area contributed by atoms with Gasteiger partial charge in [0.05, 0.1) is 16.8 Å². The van der Waals surface area contributed by atoms with Crippen LogP contribution >= 0.6 is 11.6 Å². The molecule has 110 valence electrons. The number of nitrogens with zero attached hydrogens (tertiary/aromatic N) is 1. The first-order valence-corrected chi connectivity index (χ1v) is 7.38. The largest absolute Gasteiger partial charge is 0.389 e. The molecule has 5 heteroatoms. The lowest BCUT2D eigenvalue weighted by atomic mass is 10.00. The smallest absolute Gasteiger partial charge is 0.242 e. The van der Waals surface area contributed by atoms with Crippen LogP contribution in [-0.2, 0) is 4.79 Å². The van der Waals surface area contributed by atoms with E-state index in [4.69, 9.17) is 11.6 Å². The molecular formula is C15H21ClN2O2. The minimum atomic E-state index is -0.544. The molecule has 1 aromatic rings. The fraction of sp³-hybridized carbons (Fsp3) is 0.533. The lowest BCUT2D eigenvalue weighted by Crippen LogP contribution is -2.49. The Hall–Kier alpha value is -1.26. The van der Waals surface area contributed by atoms with Crippen LogP contribution in [0.1, 0.15) is 37.9 Å². The van der Waals surface area contributed by atoms with Crippen LogP contribution in [0, 0.1) is 0 Å². The molecule has 1 aliphatic rings. The summed E-state index contributed by atoms with van der Waals surface area (Å²) < 4.78 is 0. The van der Waals surface area contributed by atoms with Gasteiger partial charge in [-0.3, -0.25) is 4.79 Å². The molecule has 0 saturated carbocycles.